The van der Waals surface area contributed by atoms with Crippen molar-refractivity contribution in [3.63, 3.8) is 0 Å². The number of aliphatic carboxylic acids is 2. The van der Waals surface area contributed by atoms with Gasteiger partial charge in [-0.05, 0) is 19.4 Å². The Labute approximate surface area is 111 Å². The topological polar surface area (TPSA) is 159 Å². The van der Waals surface area contributed by atoms with Crippen LogP contribution in [0.1, 0.15) is 25.7 Å². The Morgan fingerprint density at radius 1 is 1.32 bits per heavy atom. The van der Waals surface area contributed by atoms with Gasteiger partial charge in [0.1, 0.15) is 12.1 Å². The molecule has 0 bridgehead atoms. The molecule has 8 heteroatoms. The molecule has 3 atom stereocenters. The normalized spacial score (nSPS) is 23.3. The molecule has 8 N–H and O–H groups in total. The van der Waals surface area contributed by atoms with E-state index in [9.17, 15) is 9.59 Å². The fourth-order valence-corrected chi connectivity index (χ4v) is 1.54. The number of hydrogen-bond donors (Lipinski definition) is 6. The van der Waals surface area contributed by atoms with E-state index >= 15 is 0 Å². The summed E-state index contributed by atoms with van der Waals surface area (Å²) in [5.74, 6) is -1.82. The summed E-state index contributed by atoms with van der Waals surface area (Å²) in [6.45, 7) is 1.00. The highest BCUT2D eigenvalue weighted by Crippen LogP contribution is 2.05. The van der Waals surface area contributed by atoms with Gasteiger partial charge in [0.15, 0.2) is 0 Å². The van der Waals surface area contributed by atoms with Crippen molar-refractivity contribution in [1.82, 2.24) is 5.32 Å². The van der Waals surface area contributed by atoms with Gasteiger partial charge >= 0.3 is 11.9 Å². The van der Waals surface area contributed by atoms with Crippen molar-refractivity contribution in [3.8, 4) is 0 Å². The zero-order valence-corrected chi connectivity index (χ0v) is 10.8. The van der Waals surface area contributed by atoms with Crippen molar-refractivity contribution < 1.29 is 24.9 Å². The minimum atomic E-state index is -0.933. The molecule has 0 unspecified atom stereocenters. The third kappa shape index (κ3) is 8.49. The fourth-order valence-electron chi connectivity index (χ4n) is 1.54. The van der Waals surface area contributed by atoms with E-state index in [1.807, 2.05) is 0 Å². The Bertz CT molecular complexity index is 288. The molecule has 1 aliphatic rings. The Morgan fingerprint density at radius 2 is 1.95 bits per heavy atom. The molecule has 0 aliphatic carbocycles. The van der Waals surface area contributed by atoms with Crippen LogP contribution in [0.4, 0.5) is 0 Å². The zero-order valence-electron chi connectivity index (χ0n) is 10.8. The van der Waals surface area contributed by atoms with Gasteiger partial charge in [-0.2, -0.15) is 0 Å². The van der Waals surface area contributed by atoms with Crippen LogP contribution in [0.5, 0.6) is 0 Å². The first-order valence-electron chi connectivity index (χ1n) is 6.21. The average molecular weight is 277 g/mol. The number of rotatable bonds is 6. The number of aliphatic hydroxyl groups is 1. The molecule has 1 rings (SSSR count). The molecule has 0 aromatic carbocycles. The summed E-state index contributed by atoms with van der Waals surface area (Å²) in [5, 5.41) is 28.2. The lowest BCUT2D eigenvalue weighted by molar-refractivity contribution is -0.139. The Kier molecular flexibility index (Phi) is 9.06. The molecule has 0 radical (unpaired) electrons. The van der Waals surface area contributed by atoms with Crippen LogP contribution in [0, 0.1) is 0 Å². The molecule has 8 nitrogen and oxygen atoms in total. The Morgan fingerprint density at radius 3 is 2.26 bits per heavy atom. The summed E-state index contributed by atoms with van der Waals surface area (Å²) >= 11 is 0. The van der Waals surface area contributed by atoms with Gasteiger partial charge in [-0.1, -0.05) is 6.42 Å². The second kappa shape index (κ2) is 9.68. The number of unbranched alkanes of at least 4 members (excludes halogenated alkanes) is 1. The molecule has 1 heterocycles. The predicted molar refractivity (Wildman–Crippen MR) is 68.6 cm³/mol. The van der Waals surface area contributed by atoms with Crippen LogP contribution in [0.15, 0.2) is 0 Å². The van der Waals surface area contributed by atoms with Crippen LogP contribution in [0.25, 0.3) is 0 Å². The smallest absolute Gasteiger partial charge is 0.320 e. The van der Waals surface area contributed by atoms with Gasteiger partial charge in [-0.15, -0.1) is 0 Å². The standard InChI is InChI=1S/C6H14N2O2.C5H9NO3/c7-4-2-1-3-5(8)6(9)10;7-3-1-4(5(8)9)6-2-3/h5H,1-4,7-8H2,(H,9,10);3-4,6-7H,1-2H2,(H,8,9)/t5-;3-,4-/m00/s1. The van der Waals surface area contributed by atoms with E-state index in [4.69, 9.17) is 26.8 Å². The molecule has 19 heavy (non-hydrogen) atoms. The molecule has 0 saturated carbocycles. The molecule has 0 amide bonds. The van der Waals surface area contributed by atoms with Gasteiger partial charge in [0.25, 0.3) is 0 Å². The highest BCUT2D eigenvalue weighted by molar-refractivity contribution is 5.74. The maximum atomic E-state index is 10.2. The maximum Gasteiger partial charge on any atom is 0.320 e. The van der Waals surface area contributed by atoms with E-state index in [0.717, 1.165) is 12.8 Å². The lowest BCUT2D eigenvalue weighted by atomic mass is 10.1. The predicted octanol–water partition coefficient (Wildman–Crippen LogP) is -1.68. The van der Waals surface area contributed by atoms with E-state index in [2.05, 4.69) is 5.32 Å². The summed E-state index contributed by atoms with van der Waals surface area (Å²) in [6.07, 6.45) is 2.01. The van der Waals surface area contributed by atoms with Crippen LogP contribution in [0.2, 0.25) is 0 Å². The fraction of sp³-hybridized carbons (Fsp3) is 0.818. The van der Waals surface area contributed by atoms with Crippen molar-refractivity contribution in [2.45, 2.75) is 43.9 Å². The first kappa shape index (κ1) is 17.8. The van der Waals surface area contributed by atoms with Gasteiger partial charge < -0.3 is 32.1 Å². The molecule has 0 spiro atoms. The lowest BCUT2D eigenvalue weighted by Crippen LogP contribution is -2.29. The maximum absolute atomic E-state index is 10.2. The first-order chi connectivity index (χ1) is 8.88. The Hall–Kier alpha value is -1.22. The van der Waals surface area contributed by atoms with Crippen LogP contribution in [-0.2, 0) is 9.59 Å². The summed E-state index contributed by atoms with van der Waals surface area (Å²) in [7, 11) is 0. The molecular formula is C11H23N3O5. The quantitative estimate of drug-likeness (QED) is 0.314. The van der Waals surface area contributed by atoms with Crippen LogP contribution < -0.4 is 16.8 Å². The van der Waals surface area contributed by atoms with Gasteiger partial charge in [0.2, 0.25) is 0 Å². The lowest BCUT2D eigenvalue weighted by Gasteiger charge is -2.03. The molecule has 112 valence electrons. The SMILES string of the molecule is NCCCC[C@H](N)C(=O)O.O=C(O)[C@@H]1C[C@H](O)CN1. The van der Waals surface area contributed by atoms with E-state index in [1.165, 1.54) is 0 Å². The van der Waals surface area contributed by atoms with Crippen molar-refractivity contribution >= 4 is 11.9 Å². The molecule has 1 saturated heterocycles. The number of carbonyl (C=O) groups is 2. The van der Waals surface area contributed by atoms with Crippen molar-refractivity contribution in [3.05, 3.63) is 0 Å². The summed E-state index contributed by atoms with van der Waals surface area (Å²) in [5.41, 5.74) is 10.4. The first-order valence-corrected chi connectivity index (χ1v) is 6.21. The van der Waals surface area contributed by atoms with Crippen LogP contribution in [-0.4, -0.2) is 58.5 Å². The largest absolute Gasteiger partial charge is 0.480 e. The number of hydrogen-bond acceptors (Lipinski definition) is 6. The van der Waals surface area contributed by atoms with Gasteiger partial charge in [0, 0.05) is 13.0 Å². The van der Waals surface area contributed by atoms with E-state index in [-0.39, 0.29) is 0 Å². The minimum absolute atomic E-state index is 0.329. The summed E-state index contributed by atoms with van der Waals surface area (Å²) in [6, 6.07) is -1.26. The number of nitrogens with one attached hydrogen (secondary N) is 1. The Balaban J connectivity index is 0.000000342. The number of β-amino-alcohol motifs (C(OH)–C–C–N with tert-alkyl or cyclic N) is 1. The van der Waals surface area contributed by atoms with Gasteiger partial charge in [-0.25, -0.2) is 0 Å². The summed E-state index contributed by atoms with van der Waals surface area (Å²) < 4.78 is 0. The average Bonchev–Trinajstić information content (AvgIpc) is 2.77. The second-order valence-electron chi connectivity index (χ2n) is 4.42. The molecule has 1 aliphatic heterocycles. The zero-order chi connectivity index (χ0) is 14.8. The van der Waals surface area contributed by atoms with E-state index in [0.29, 0.717) is 25.9 Å². The number of carboxylic acids is 2. The monoisotopic (exact) mass is 277 g/mol. The second-order valence-corrected chi connectivity index (χ2v) is 4.42. The third-order valence-electron chi connectivity index (χ3n) is 2.69. The molecule has 1 fully saturated rings. The molecule has 0 aromatic heterocycles. The van der Waals surface area contributed by atoms with Gasteiger partial charge in [0.05, 0.1) is 6.10 Å². The minimum Gasteiger partial charge on any atom is -0.480 e. The van der Waals surface area contributed by atoms with Crippen LogP contribution >= 0.6 is 0 Å². The summed E-state index contributed by atoms with van der Waals surface area (Å²) in [4.78, 5) is 20.3. The van der Waals surface area contributed by atoms with E-state index < -0.39 is 30.1 Å². The third-order valence-corrected chi connectivity index (χ3v) is 2.69. The number of aliphatic hydroxyl groups excluding tert-OH is 1. The van der Waals surface area contributed by atoms with Gasteiger partial charge in [-0.3, -0.25) is 9.59 Å². The van der Waals surface area contributed by atoms with Crippen molar-refractivity contribution in [2.75, 3.05) is 13.1 Å². The highest BCUT2D eigenvalue weighted by atomic mass is 16.4. The van der Waals surface area contributed by atoms with Crippen molar-refractivity contribution in [2.24, 2.45) is 11.5 Å². The van der Waals surface area contributed by atoms with E-state index in [1.54, 1.807) is 0 Å². The number of nitrogens with two attached hydrogens (primary N) is 2. The number of carboxylic acid groups (broad SMARTS) is 2. The molecular weight excluding hydrogens is 254 g/mol. The highest BCUT2D eigenvalue weighted by Gasteiger charge is 2.27. The molecule has 0 aromatic rings. The van der Waals surface area contributed by atoms with Crippen molar-refractivity contribution in [1.29, 1.82) is 0 Å². The van der Waals surface area contributed by atoms with Crippen LogP contribution in [0.3, 0.4) is 0 Å².